The van der Waals surface area contributed by atoms with Gasteiger partial charge < -0.3 is 28.8 Å². The number of quaternary nitrogens is 1. The second kappa shape index (κ2) is 58.1. The van der Waals surface area contributed by atoms with Gasteiger partial charge in [0.25, 0.3) is 7.82 Å². The van der Waals surface area contributed by atoms with Crippen molar-refractivity contribution in [1.29, 1.82) is 0 Å². The lowest BCUT2D eigenvalue weighted by atomic mass is 10.0. The minimum absolute atomic E-state index is 0.00881. The zero-order chi connectivity index (χ0) is 55.6. The molecule has 448 valence electrons. The zero-order valence-electron chi connectivity index (χ0n) is 51.2. The molecule has 0 aliphatic heterocycles. The normalized spacial score (nSPS) is 14.0. The van der Waals surface area contributed by atoms with Crippen LogP contribution in [0.4, 0.5) is 0 Å². The maximum atomic E-state index is 13.0. The van der Waals surface area contributed by atoms with E-state index in [1.54, 1.807) is 6.08 Å². The Morgan fingerprint density at radius 2 is 0.737 bits per heavy atom. The predicted octanol–water partition coefficient (Wildman–Crippen LogP) is 20.0. The van der Waals surface area contributed by atoms with Crippen molar-refractivity contribution in [3.05, 3.63) is 48.6 Å². The van der Waals surface area contributed by atoms with E-state index in [0.717, 1.165) is 44.9 Å². The quantitative estimate of drug-likeness (QED) is 0.0272. The summed E-state index contributed by atoms with van der Waals surface area (Å²) in [5.74, 6) is -0.207. The average Bonchev–Trinajstić information content (AvgIpc) is 3.38. The molecule has 0 saturated heterocycles. The Morgan fingerprint density at radius 3 is 1.07 bits per heavy atom. The third-order valence-corrected chi connectivity index (χ3v) is 16.0. The first kappa shape index (κ1) is 74.5. The predicted molar refractivity (Wildman–Crippen MR) is 330 cm³/mol. The highest BCUT2D eigenvalue weighted by atomic mass is 31.2. The second-order valence-corrected chi connectivity index (χ2v) is 25.2. The van der Waals surface area contributed by atoms with Gasteiger partial charge >= 0.3 is 0 Å². The van der Waals surface area contributed by atoms with Crippen LogP contribution in [0.2, 0.25) is 0 Å². The lowest BCUT2D eigenvalue weighted by molar-refractivity contribution is -0.870. The largest absolute Gasteiger partial charge is 0.756 e. The molecule has 2 N–H and O–H groups in total. The van der Waals surface area contributed by atoms with Crippen molar-refractivity contribution in [2.45, 2.75) is 334 Å². The van der Waals surface area contributed by atoms with Gasteiger partial charge in [-0.25, -0.2) is 0 Å². The summed E-state index contributed by atoms with van der Waals surface area (Å²) in [6.07, 6.45) is 78.0. The fraction of sp³-hybridized carbons (Fsp3) is 0.866. The maximum absolute atomic E-state index is 13.0. The molecule has 3 unspecified atom stereocenters. The van der Waals surface area contributed by atoms with E-state index in [1.165, 1.54) is 257 Å². The van der Waals surface area contributed by atoms with Crippen molar-refractivity contribution in [2.24, 2.45) is 0 Å². The number of amides is 1. The van der Waals surface area contributed by atoms with Crippen LogP contribution in [0, 0.1) is 0 Å². The van der Waals surface area contributed by atoms with Gasteiger partial charge in [0.15, 0.2) is 0 Å². The average molecular weight is 1090 g/mol. The van der Waals surface area contributed by atoms with Crippen LogP contribution in [0.5, 0.6) is 0 Å². The van der Waals surface area contributed by atoms with Crippen LogP contribution in [-0.2, 0) is 18.4 Å². The highest BCUT2D eigenvalue weighted by Crippen LogP contribution is 2.38. The molecule has 0 heterocycles. The Balaban J connectivity index is 4.16. The molecule has 0 saturated carbocycles. The molecule has 0 aromatic rings. The Bertz CT molecular complexity index is 1380. The van der Waals surface area contributed by atoms with E-state index >= 15 is 0 Å². The molecule has 0 bridgehead atoms. The number of rotatable bonds is 61. The highest BCUT2D eigenvalue weighted by Gasteiger charge is 2.23. The number of aliphatic hydroxyl groups excluding tert-OH is 1. The summed E-state index contributed by atoms with van der Waals surface area (Å²) in [5.41, 5.74) is 0. The first-order chi connectivity index (χ1) is 37.0. The first-order valence-corrected chi connectivity index (χ1v) is 34.5. The Labute approximate surface area is 473 Å². The standard InChI is InChI=1S/C67H129N2O6P/c1-6-8-10-12-14-16-18-20-22-24-26-28-30-32-33-34-35-37-39-41-43-45-47-49-51-53-55-57-59-61-67(71)68-65(64-75-76(72,73)74-63-62-69(3,4)5)66(70)60-58-56-54-52-50-48-46-44-42-40-38-36-31-29-27-25-23-21-19-17-15-13-11-9-7-2/h32-33,42,44,50,52,58,60,65-66,70H,6-31,34-41,43,45-49,51,53-57,59,61-64H2,1-5H3,(H-,68,71,72,73)/b33-32-,44-42+,52-50+,60-58+. The number of likely N-dealkylation sites (N-methyl/N-ethyl adjacent to an activating group) is 1. The fourth-order valence-electron chi connectivity index (χ4n) is 9.83. The molecule has 0 aliphatic carbocycles. The number of unbranched alkanes of at least 4 members (excludes halogenated alkanes) is 42. The summed E-state index contributed by atoms with van der Waals surface area (Å²) in [4.78, 5) is 25.6. The number of phosphoric ester groups is 1. The number of allylic oxidation sites excluding steroid dienone is 7. The number of hydrogen-bond donors (Lipinski definition) is 2. The van der Waals surface area contributed by atoms with Gasteiger partial charge in [-0.05, 0) is 70.6 Å². The molecule has 3 atom stereocenters. The molecular formula is C67H129N2O6P. The number of nitrogens with one attached hydrogen (secondary N) is 1. The van der Waals surface area contributed by atoms with E-state index < -0.39 is 26.6 Å². The van der Waals surface area contributed by atoms with E-state index in [2.05, 4.69) is 55.6 Å². The first-order valence-electron chi connectivity index (χ1n) is 33.0. The molecule has 8 nitrogen and oxygen atoms in total. The molecular weight excluding hydrogens is 960 g/mol. The van der Waals surface area contributed by atoms with Gasteiger partial charge in [0, 0.05) is 6.42 Å². The monoisotopic (exact) mass is 1090 g/mol. The minimum Gasteiger partial charge on any atom is -0.756 e. The number of aliphatic hydroxyl groups is 1. The summed E-state index contributed by atoms with van der Waals surface area (Å²) in [6.45, 7) is 4.67. The number of carbonyl (C=O) groups is 1. The summed E-state index contributed by atoms with van der Waals surface area (Å²) in [5, 5.41) is 13.9. The topological polar surface area (TPSA) is 108 Å². The number of nitrogens with zero attached hydrogens (tertiary/aromatic N) is 1. The molecule has 0 aromatic carbocycles. The number of carbonyl (C=O) groups excluding carboxylic acids is 1. The Hall–Kier alpha value is -1.54. The van der Waals surface area contributed by atoms with Gasteiger partial charge in [-0.15, -0.1) is 0 Å². The van der Waals surface area contributed by atoms with Crippen molar-refractivity contribution in [3.8, 4) is 0 Å². The van der Waals surface area contributed by atoms with Gasteiger partial charge in [0.1, 0.15) is 13.2 Å². The van der Waals surface area contributed by atoms with Gasteiger partial charge in [0.05, 0.1) is 39.9 Å². The van der Waals surface area contributed by atoms with Gasteiger partial charge in [-0.1, -0.05) is 294 Å². The Morgan fingerprint density at radius 1 is 0.447 bits per heavy atom. The van der Waals surface area contributed by atoms with Crippen LogP contribution in [-0.4, -0.2) is 68.5 Å². The fourth-order valence-corrected chi connectivity index (χ4v) is 10.6. The third-order valence-electron chi connectivity index (χ3n) is 15.0. The molecule has 0 rings (SSSR count). The van der Waals surface area contributed by atoms with Gasteiger partial charge in [-0.2, -0.15) is 0 Å². The molecule has 0 spiro atoms. The number of hydrogen-bond acceptors (Lipinski definition) is 6. The molecule has 0 fully saturated rings. The van der Waals surface area contributed by atoms with Crippen molar-refractivity contribution < 1.29 is 32.9 Å². The Kier molecular flexibility index (Phi) is 56.9. The molecule has 0 radical (unpaired) electrons. The van der Waals surface area contributed by atoms with Crippen molar-refractivity contribution in [2.75, 3.05) is 40.9 Å². The summed E-state index contributed by atoms with van der Waals surface area (Å²) < 4.78 is 23.4. The van der Waals surface area contributed by atoms with Crippen molar-refractivity contribution >= 4 is 13.7 Å². The van der Waals surface area contributed by atoms with Crippen LogP contribution in [0.1, 0.15) is 322 Å². The summed E-state index contributed by atoms with van der Waals surface area (Å²) >= 11 is 0. The molecule has 0 aromatic heterocycles. The second-order valence-electron chi connectivity index (χ2n) is 23.8. The summed E-state index contributed by atoms with van der Waals surface area (Å²) in [6, 6.07) is -0.912. The van der Waals surface area contributed by atoms with E-state index in [9.17, 15) is 19.4 Å². The maximum Gasteiger partial charge on any atom is 0.268 e. The van der Waals surface area contributed by atoms with Gasteiger partial charge in [0.2, 0.25) is 5.91 Å². The summed E-state index contributed by atoms with van der Waals surface area (Å²) in [7, 11) is 1.24. The van der Waals surface area contributed by atoms with Crippen LogP contribution in [0.25, 0.3) is 0 Å². The molecule has 9 heteroatoms. The van der Waals surface area contributed by atoms with Crippen LogP contribution in [0.3, 0.4) is 0 Å². The van der Waals surface area contributed by atoms with E-state index in [0.29, 0.717) is 17.4 Å². The van der Waals surface area contributed by atoms with E-state index in [4.69, 9.17) is 9.05 Å². The minimum atomic E-state index is -4.61. The van der Waals surface area contributed by atoms with Crippen molar-refractivity contribution in [1.82, 2.24) is 5.32 Å². The van der Waals surface area contributed by atoms with Crippen molar-refractivity contribution in [3.63, 3.8) is 0 Å². The smallest absolute Gasteiger partial charge is 0.268 e. The lowest BCUT2D eigenvalue weighted by Gasteiger charge is -2.29. The van der Waals surface area contributed by atoms with E-state index in [-0.39, 0.29) is 12.5 Å². The SMILES string of the molecule is CCCCCCCCCCCCCC/C=C\CCCCCCCCCCCCCCCC(=O)NC(COP(=O)([O-])OCC[N+](C)(C)C)C(O)/C=C/CC/C=C/CC/C=C/CCCCCCCCCCCCCCCCC. The van der Waals surface area contributed by atoms with Crippen LogP contribution < -0.4 is 10.2 Å². The van der Waals surface area contributed by atoms with Crippen LogP contribution >= 0.6 is 7.82 Å². The van der Waals surface area contributed by atoms with E-state index in [1.807, 2.05) is 27.2 Å². The third kappa shape index (κ3) is 60.1. The van der Waals surface area contributed by atoms with Crippen LogP contribution in [0.15, 0.2) is 48.6 Å². The van der Waals surface area contributed by atoms with Gasteiger partial charge in [-0.3, -0.25) is 9.36 Å². The molecule has 76 heavy (non-hydrogen) atoms. The lowest BCUT2D eigenvalue weighted by Crippen LogP contribution is -2.45. The molecule has 1 amide bonds. The zero-order valence-corrected chi connectivity index (χ0v) is 52.1. The highest BCUT2D eigenvalue weighted by molar-refractivity contribution is 7.45. The molecule has 0 aliphatic rings. The number of phosphoric acid groups is 1.